The van der Waals surface area contributed by atoms with Crippen LogP contribution in [-0.4, -0.2) is 6.29 Å². The van der Waals surface area contributed by atoms with E-state index in [-0.39, 0.29) is 0 Å². The van der Waals surface area contributed by atoms with Crippen LogP contribution in [0, 0.1) is 13.0 Å². The van der Waals surface area contributed by atoms with Crippen LogP contribution in [0.1, 0.15) is 15.9 Å². The first kappa shape index (κ1) is 6.02. The van der Waals surface area contributed by atoms with E-state index in [9.17, 15) is 4.79 Å². The number of carbonyl (C=O) groups excluding carboxylic acids is 1. The summed E-state index contributed by atoms with van der Waals surface area (Å²) in [7, 11) is 0. The Morgan fingerprint density at radius 2 is 2.44 bits per heavy atom. The van der Waals surface area contributed by atoms with Crippen LogP contribution >= 0.6 is 0 Å². The zero-order valence-corrected chi connectivity index (χ0v) is 5.22. The van der Waals surface area contributed by atoms with E-state index in [0.717, 1.165) is 11.8 Å². The van der Waals surface area contributed by atoms with Gasteiger partial charge in [-0.15, -0.1) is 0 Å². The molecule has 0 aromatic heterocycles. The van der Waals surface area contributed by atoms with E-state index in [1.165, 1.54) is 0 Å². The van der Waals surface area contributed by atoms with Gasteiger partial charge in [0.2, 0.25) is 0 Å². The molecule has 0 saturated heterocycles. The van der Waals surface area contributed by atoms with Gasteiger partial charge in [-0.2, -0.15) is 0 Å². The monoisotopic (exact) mass is 119 g/mol. The molecule has 0 atom stereocenters. The van der Waals surface area contributed by atoms with E-state index >= 15 is 0 Å². The van der Waals surface area contributed by atoms with Gasteiger partial charge >= 0.3 is 0 Å². The summed E-state index contributed by atoms with van der Waals surface area (Å²) in [5, 5.41) is 0. The molecule has 0 bridgehead atoms. The van der Waals surface area contributed by atoms with Crippen molar-refractivity contribution >= 4 is 6.29 Å². The molecule has 0 spiro atoms. The van der Waals surface area contributed by atoms with E-state index in [1.54, 1.807) is 12.1 Å². The Kier molecular flexibility index (Phi) is 1.63. The predicted octanol–water partition coefficient (Wildman–Crippen LogP) is 1.61. The molecule has 9 heavy (non-hydrogen) atoms. The van der Waals surface area contributed by atoms with Crippen LogP contribution in [0.25, 0.3) is 0 Å². The second kappa shape index (κ2) is 2.44. The summed E-state index contributed by atoms with van der Waals surface area (Å²) < 4.78 is 0. The standard InChI is InChI=1S/C8H7O/c1-7-3-2-4-8(5-7)6-9/h2-3,5-6H,1H3. The third kappa shape index (κ3) is 1.39. The lowest BCUT2D eigenvalue weighted by Gasteiger charge is -1.89. The smallest absolute Gasteiger partial charge is 0.150 e. The van der Waals surface area contributed by atoms with Gasteiger partial charge in [0.25, 0.3) is 0 Å². The molecule has 1 radical (unpaired) electrons. The maximum Gasteiger partial charge on any atom is 0.150 e. The van der Waals surface area contributed by atoms with E-state index in [2.05, 4.69) is 6.07 Å². The fourth-order valence-corrected chi connectivity index (χ4v) is 0.672. The van der Waals surface area contributed by atoms with Crippen LogP contribution in [-0.2, 0) is 0 Å². The zero-order chi connectivity index (χ0) is 6.69. The Labute approximate surface area is 54.3 Å². The summed E-state index contributed by atoms with van der Waals surface area (Å²) in [6.07, 6.45) is 0.799. The van der Waals surface area contributed by atoms with Crippen molar-refractivity contribution in [3.63, 3.8) is 0 Å². The third-order valence-electron chi connectivity index (χ3n) is 1.11. The molecule has 1 aromatic rings. The summed E-state index contributed by atoms with van der Waals surface area (Å²) in [6, 6.07) is 8.25. The Bertz CT molecular complexity index is 216. The molecule has 0 N–H and O–H groups in total. The predicted molar refractivity (Wildman–Crippen MR) is 35.4 cm³/mol. The quantitative estimate of drug-likeness (QED) is 0.513. The average molecular weight is 119 g/mol. The van der Waals surface area contributed by atoms with Gasteiger partial charge in [-0.1, -0.05) is 17.7 Å². The fourth-order valence-electron chi connectivity index (χ4n) is 0.672. The maximum atomic E-state index is 10.1. The van der Waals surface area contributed by atoms with Crippen LogP contribution in [0.4, 0.5) is 0 Å². The van der Waals surface area contributed by atoms with Gasteiger partial charge in [0.15, 0.2) is 6.29 Å². The number of hydrogen-bond donors (Lipinski definition) is 0. The molecule has 1 nitrogen and oxygen atoms in total. The molecule has 0 amide bonds. The van der Waals surface area contributed by atoms with Crippen LogP contribution < -0.4 is 0 Å². The molecule has 0 unspecified atom stereocenters. The summed E-state index contributed by atoms with van der Waals surface area (Å²) >= 11 is 0. The Balaban J connectivity index is 3.07. The molecule has 1 heteroatoms. The second-order valence-corrected chi connectivity index (χ2v) is 1.94. The van der Waals surface area contributed by atoms with Gasteiger partial charge in [0.05, 0.1) is 0 Å². The summed E-state index contributed by atoms with van der Waals surface area (Å²) in [4.78, 5) is 10.1. The van der Waals surface area contributed by atoms with Gasteiger partial charge < -0.3 is 0 Å². The van der Waals surface area contributed by atoms with Gasteiger partial charge in [-0.25, -0.2) is 0 Å². The number of benzene rings is 1. The first-order valence-electron chi connectivity index (χ1n) is 2.76. The molecule has 0 aliphatic carbocycles. The maximum absolute atomic E-state index is 10.1. The normalized spacial score (nSPS) is 9.00. The largest absolute Gasteiger partial charge is 0.298 e. The van der Waals surface area contributed by atoms with Crippen LogP contribution in [0.2, 0.25) is 0 Å². The molecule has 0 aliphatic rings. The Morgan fingerprint density at radius 1 is 1.67 bits per heavy atom. The van der Waals surface area contributed by atoms with E-state index in [1.807, 2.05) is 13.0 Å². The SMILES string of the molecule is Cc1cc[c]c(C=O)c1. The molecule has 45 valence electrons. The minimum atomic E-state index is 0.620. The highest BCUT2D eigenvalue weighted by atomic mass is 16.1. The first-order chi connectivity index (χ1) is 4.33. The molecular weight excluding hydrogens is 112 g/mol. The molecule has 0 heterocycles. The fraction of sp³-hybridized carbons (Fsp3) is 0.125. The van der Waals surface area contributed by atoms with Gasteiger partial charge in [0.1, 0.15) is 0 Å². The molecule has 1 aromatic carbocycles. The van der Waals surface area contributed by atoms with E-state index in [4.69, 9.17) is 0 Å². The topological polar surface area (TPSA) is 17.1 Å². The minimum absolute atomic E-state index is 0.620. The number of rotatable bonds is 1. The van der Waals surface area contributed by atoms with Crippen molar-refractivity contribution in [3.05, 3.63) is 35.4 Å². The van der Waals surface area contributed by atoms with Crippen molar-refractivity contribution < 1.29 is 4.79 Å². The number of carbonyl (C=O) groups is 1. The number of hydrogen-bond acceptors (Lipinski definition) is 1. The van der Waals surface area contributed by atoms with Crippen molar-refractivity contribution in [2.75, 3.05) is 0 Å². The highest BCUT2D eigenvalue weighted by Crippen LogP contribution is 1.98. The molecule has 0 saturated carbocycles. The number of aldehydes is 1. The Hall–Kier alpha value is -1.11. The Morgan fingerprint density at radius 3 is 2.89 bits per heavy atom. The third-order valence-corrected chi connectivity index (χ3v) is 1.11. The highest BCUT2D eigenvalue weighted by Gasteiger charge is 1.86. The van der Waals surface area contributed by atoms with E-state index in [0.29, 0.717) is 5.56 Å². The van der Waals surface area contributed by atoms with Crippen LogP contribution in [0.5, 0.6) is 0 Å². The molecule has 1 rings (SSSR count). The average Bonchev–Trinajstić information content (AvgIpc) is 1.88. The highest BCUT2D eigenvalue weighted by molar-refractivity contribution is 5.74. The van der Waals surface area contributed by atoms with Crippen molar-refractivity contribution in [1.29, 1.82) is 0 Å². The lowest BCUT2D eigenvalue weighted by atomic mass is 10.2. The van der Waals surface area contributed by atoms with Gasteiger partial charge in [-0.05, 0) is 19.1 Å². The van der Waals surface area contributed by atoms with Crippen molar-refractivity contribution in [3.8, 4) is 0 Å². The summed E-state index contributed by atoms with van der Waals surface area (Å²) in [5.74, 6) is 0. The molecular formula is C8H7O. The second-order valence-electron chi connectivity index (χ2n) is 1.94. The van der Waals surface area contributed by atoms with Crippen molar-refractivity contribution in [1.82, 2.24) is 0 Å². The first-order valence-corrected chi connectivity index (χ1v) is 2.76. The molecule has 0 fully saturated rings. The minimum Gasteiger partial charge on any atom is -0.298 e. The lowest BCUT2D eigenvalue weighted by Crippen LogP contribution is -1.79. The van der Waals surface area contributed by atoms with Gasteiger partial charge in [0, 0.05) is 5.56 Å². The summed E-state index contributed by atoms with van der Waals surface area (Å²) in [5.41, 5.74) is 1.71. The van der Waals surface area contributed by atoms with E-state index < -0.39 is 0 Å². The van der Waals surface area contributed by atoms with Crippen molar-refractivity contribution in [2.45, 2.75) is 6.92 Å². The molecule has 0 aliphatic heterocycles. The number of aryl methyl sites for hydroxylation is 1. The summed E-state index contributed by atoms with van der Waals surface area (Å²) in [6.45, 7) is 1.95. The zero-order valence-electron chi connectivity index (χ0n) is 5.22. The lowest BCUT2D eigenvalue weighted by molar-refractivity contribution is 0.112. The van der Waals surface area contributed by atoms with Crippen molar-refractivity contribution in [2.24, 2.45) is 0 Å². The van der Waals surface area contributed by atoms with Crippen LogP contribution in [0.15, 0.2) is 18.2 Å². The van der Waals surface area contributed by atoms with Crippen LogP contribution in [0.3, 0.4) is 0 Å². The van der Waals surface area contributed by atoms with Gasteiger partial charge in [-0.3, -0.25) is 4.79 Å².